The number of urea groups is 1. The van der Waals surface area contributed by atoms with Crippen LogP contribution in [0.3, 0.4) is 0 Å². The molecule has 0 saturated heterocycles. The number of nitrogens with zero attached hydrogens (tertiary/aromatic N) is 2. The Hall–Kier alpha value is -4.53. The second-order valence-corrected chi connectivity index (χ2v) is 10.3. The number of hydrogen-bond donors (Lipinski definition) is 1. The fourth-order valence-corrected chi connectivity index (χ4v) is 5.26. The number of aryl methyl sites for hydroxylation is 1. The van der Waals surface area contributed by atoms with E-state index >= 15 is 0 Å². The van der Waals surface area contributed by atoms with Crippen molar-refractivity contribution in [3.63, 3.8) is 0 Å². The zero-order chi connectivity index (χ0) is 30.1. The Balaban J connectivity index is 1.54. The van der Waals surface area contributed by atoms with Gasteiger partial charge in [-0.05, 0) is 67.8 Å². The van der Waals surface area contributed by atoms with Crippen LogP contribution in [0.4, 0.5) is 21.9 Å². The van der Waals surface area contributed by atoms with Gasteiger partial charge in [-0.1, -0.05) is 37.5 Å². The van der Waals surface area contributed by atoms with Crippen LogP contribution in [0.5, 0.6) is 11.5 Å². The van der Waals surface area contributed by atoms with E-state index in [-0.39, 0.29) is 31.1 Å². The molecule has 1 N–H and O–H groups in total. The monoisotopic (exact) mass is 573 g/mol. The summed E-state index contributed by atoms with van der Waals surface area (Å²) in [4.78, 5) is 41.5. The average Bonchev–Trinajstić information content (AvgIpc) is 3.01. The van der Waals surface area contributed by atoms with E-state index in [0.717, 1.165) is 43.4 Å². The average molecular weight is 574 g/mol. The summed E-state index contributed by atoms with van der Waals surface area (Å²) < 4.78 is 16.4. The first-order chi connectivity index (χ1) is 20.3. The molecule has 0 aromatic heterocycles. The molecule has 9 heteroatoms. The van der Waals surface area contributed by atoms with Gasteiger partial charge in [0.25, 0.3) is 0 Å². The fraction of sp³-hybridized carbons (Fsp3) is 0.364. The molecule has 1 saturated carbocycles. The van der Waals surface area contributed by atoms with E-state index in [0.29, 0.717) is 28.4 Å². The number of para-hydroxylation sites is 1. The summed E-state index contributed by atoms with van der Waals surface area (Å²) in [5.41, 5.74) is 3.47. The molecule has 1 fully saturated rings. The molecule has 0 atom stereocenters. The third-order valence-electron chi connectivity index (χ3n) is 7.52. The molecule has 0 spiro atoms. The van der Waals surface area contributed by atoms with Crippen LogP contribution in [0, 0.1) is 6.92 Å². The molecular formula is C33H39N3O6. The number of esters is 1. The Morgan fingerprint density at radius 3 is 2.29 bits per heavy atom. The molecule has 3 aromatic carbocycles. The number of carbonyl (C=O) groups excluding carboxylic acids is 3. The second kappa shape index (κ2) is 14.4. The van der Waals surface area contributed by atoms with E-state index in [1.54, 1.807) is 42.3 Å². The minimum absolute atomic E-state index is 0.0328. The molecule has 1 aliphatic rings. The number of benzene rings is 3. The lowest BCUT2D eigenvalue weighted by molar-refractivity contribution is -0.116. The number of hydrogen-bond acceptors (Lipinski definition) is 6. The number of carbonyl (C=O) groups is 3. The predicted molar refractivity (Wildman–Crippen MR) is 164 cm³/mol. The van der Waals surface area contributed by atoms with Crippen LogP contribution in [-0.2, 0) is 9.53 Å². The summed E-state index contributed by atoms with van der Waals surface area (Å²) in [5, 5.41) is 3.09. The van der Waals surface area contributed by atoms with E-state index < -0.39 is 5.97 Å². The van der Waals surface area contributed by atoms with E-state index in [2.05, 4.69) is 5.32 Å². The maximum Gasteiger partial charge on any atom is 0.337 e. The third-order valence-corrected chi connectivity index (χ3v) is 7.52. The topological polar surface area (TPSA) is 97.4 Å². The minimum Gasteiger partial charge on any atom is -0.494 e. The molecule has 0 radical (unpaired) electrons. The standard InChI is InChI=1S/C33H39N3O6/c1-23-10-8-9-13-29(23)34-33(39)36(26-11-6-5-7-12-26)30-19-16-27(22-31(30)40-3)35(24(2)37)20-21-42-28-17-14-25(15-18-28)32(38)41-4/h8-10,13-19,22,26H,5-7,11-12,20-21H2,1-4H3,(H,34,39). The van der Waals surface area contributed by atoms with Crippen LogP contribution >= 0.6 is 0 Å². The Morgan fingerprint density at radius 1 is 0.929 bits per heavy atom. The fourth-order valence-electron chi connectivity index (χ4n) is 5.26. The van der Waals surface area contributed by atoms with Crippen LogP contribution in [0.2, 0.25) is 0 Å². The summed E-state index contributed by atoms with van der Waals surface area (Å²) >= 11 is 0. The Kier molecular flexibility index (Phi) is 10.4. The molecule has 0 bridgehead atoms. The zero-order valence-corrected chi connectivity index (χ0v) is 24.7. The maximum atomic E-state index is 13.8. The Bertz CT molecular complexity index is 1380. The minimum atomic E-state index is -0.420. The van der Waals surface area contributed by atoms with Gasteiger partial charge >= 0.3 is 12.0 Å². The van der Waals surface area contributed by atoms with Gasteiger partial charge in [-0.15, -0.1) is 0 Å². The highest BCUT2D eigenvalue weighted by Gasteiger charge is 2.30. The van der Waals surface area contributed by atoms with Crippen LogP contribution in [0.15, 0.2) is 66.7 Å². The van der Waals surface area contributed by atoms with Crippen LogP contribution < -0.4 is 24.6 Å². The van der Waals surface area contributed by atoms with Gasteiger partial charge in [0, 0.05) is 30.4 Å². The van der Waals surface area contributed by atoms with Crippen molar-refractivity contribution >= 4 is 35.0 Å². The first-order valence-electron chi connectivity index (χ1n) is 14.3. The highest BCUT2D eigenvalue weighted by Crippen LogP contribution is 2.37. The number of amides is 3. The van der Waals surface area contributed by atoms with Crippen molar-refractivity contribution in [1.82, 2.24) is 0 Å². The van der Waals surface area contributed by atoms with Crippen molar-refractivity contribution in [2.75, 3.05) is 42.5 Å². The molecule has 3 amide bonds. The van der Waals surface area contributed by atoms with Crippen molar-refractivity contribution in [3.05, 3.63) is 77.9 Å². The number of methoxy groups -OCH3 is 2. The SMILES string of the molecule is COC(=O)c1ccc(OCCN(C(C)=O)c2ccc(N(C(=O)Nc3ccccc3C)C3CCCCC3)c(OC)c2)cc1. The van der Waals surface area contributed by atoms with Gasteiger partial charge in [0.15, 0.2) is 0 Å². The second-order valence-electron chi connectivity index (χ2n) is 10.3. The normalized spacial score (nSPS) is 13.1. The van der Waals surface area contributed by atoms with Gasteiger partial charge in [-0.3, -0.25) is 9.69 Å². The van der Waals surface area contributed by atoms with Crippen LogP contribution in [-0.4, -0.2) is 51.3 Å². The van der Waals surface area contributed by atoms with Crippen molar-refractivity contribution in [1.29, 1.82) is 0 Å². The van der Waals surface area contributed by atoms with E-state index in [9.17, 15) is 14.4 Å². The van der Waals surface area contributed by atoms with Gasteiger partial charge < -0.3 is 24.4 Å². The number of rotatable bonds is 10. The van der Waals surface area contributed by atoms with Crippen molar-refractivity contribution in [3.8, 4) is 11.5 Å². The maximum absolute atomic E-state index is 13.8. The summed E-state index contributed by atoms with van der Waals surface area (Å²) in [5.74, 6) is 0.498. The van der Waals surface area contributed by atoms with E-state index in [4.69, 9.17) is 14.2 Å². The summed E-state index contributed by atoms with van der Waals surface area (Å²) in [6, 6.07) is 19.6. The van der Waals surface area contributed by atoms with Crippen molar-refractivity contribution in [2.45, 2.75) is 52.0 Å². The van der Waals surface area contributed by atoms with Gasteiger partial charge in [-0.25, -0.2) is 9.59 Å². The zero-order valence-electron chi connectivity index (χ0n) is 24.7. The molecule has 0 aliphatic heterocycles. The lowest BCUT2D eigenvalue weighted by atomic mass is 9.94. The van der Waals surface area contributed by atoms with Gasteiger partial charge in [0.2, 0.25) is 5.91 Å². The number of anilines is 3. The molecular weight excluding hydrogens is 534 g/mol. The van der Waals surface area contributed by atoms with Crippen molar-refractivity contribution in [2.24, 2.45) is 0 Å². The largest absolute Gasteiger partial charge is 0.494 e. The molecule has 222 valence electrons. The molecule has 3 aromatic rings. The first kappa shape index (κ1) is 30.4. The van der Waals surface area contributed by atoms with E-state index in [1.807, 2.05) is 48.2 Å². The highest BCUT2D eigenvalue weighted by molar-refractivity contribution is 6.04. The highest BCUT2D eigenvalue weighted by atomic mass is 16.5. The van der Waals surface area contributed by atoms with Gasteiger partial charge in [0.1, 0.15) is 18.1 Å². The predicted octanol–water partition coefficient (Wildman–Crippen LogP) is 6.59. The summed E-state index contributed by atoms with van der Waals surface area (Å²) in [6.45, 7) is 3.98. The molecule has 0 unspecified atom stereocenters. The molecule has 0 heterocycles. The van der Waals surface area contributed by atoms with Crippen molar-refractivity contribution < 1.29 is 28.6 Å². The quantitative estimate of drug-likeness (QED) is 0.275. The van der Waals surface area contributed by atoms with E-state index in [1.165, 1.54) is 14.0 Å². The molecule has 1 aliphatic carbocycles. The smallest absolute Gasteiger partial charge is 0.337 e. The Morgan fingerprint density at radius 2 is 1.64 bits per heavy atom. The molecule has 42 heavy (non-hydrogen) atoms. The summed E-state index contributed by atoms with van der Waals surface area (Å²) in [6.07, 6.45) is 5.09. The van der Waals surface area contributed by atoms with Crippen LogP contribution in [0.25, 0.3) is 0 Å². The lowest BCUT2D eigenvalue weighted by Gasteiger charge is -2.35. The van der Waals surface area contributed by atoms with Gasteiger partial charge in [0.05, 0.1) is 32.0 Å². The van der Waals surface area contributed by atoms with Crippen LogP contribution in [0.1, 0.15) is 54.9 Å². The Labute approximate surface area is 247 Å². The van der Waals surface area contributed by atoms with Gasteiger partial charge in [-0.2, -0.15) is 0 Å². The summed E-state index contributed by atoms with van der Waals surface area (Å²) in [7, 11) is 2.90. The molecule has 4 rings (SSSR count). The lowest BCUT2D eigenvalue weighted by Crippen LogP contribution is -2.44. The first-order valence-corrected chi connectivity index (χ1v) is 14.3. The molecule has 9 nitrogen and oxygen atoms in total. The number of nitrogens with one attached hydrogen (secondary N) is 1. The number of ether oxygens (including phenoxy) is 3. The third kappa shape index (κ3) is 7.40.